The minimum Gasteiger partial charge on any atom is -0.449 e. The van der Waals surface area contributed by atoms with Gasteiger partial charge in [0.2, 0.25) is 5.58 Å². The molecule has 0 fully saturated rings. The average Bonchev–Trinajstić information content (AvgIpc) is 2.82. The van der Waals surface area contributed by atoms with Gasteiger partial charge in [0, 0.05) is 22.9 Å². The predicted molar refractivity (Wildman–Crippen MR) is 90.1 cm³/mol. The summed E-state index contributed by atoms with van der Waals surface area (Å²) in [5.41, 5.74) is 1.28. The van der Waals surface area contributed by atoms with Crippen LogP contribution in [0.2, 0.25) is 0 Å². The third kappa shape index (κ3) is 3.06. The van der Waals surface area contributed by atoms with Gasteiger partial charge in [0.1, 0.15) is 16.9 Å². The van der Waals surface area contributed by atoms with E-state index in [1.165, 1.54) is 0 Å². The number of benzene rings is 1. The highest BCUT2D eigenvalue weighted by atomic mass is 79.9. The molecule has 0 saturated carbocycles. The van der Waals surface area contributed by atoms with Crippen molar-refractivity contribution < 1.29 is 4.42 Å². The molecule has 0 radical (unpaired) electrons. The van der Waals surface area contributed by atoms with Crippen LogP contribution < -0.4 is 10.9 Å². The summed E-state index contributed by atoms with van der Waals surface area (Å²) in [6.45, 7) is 2.26. The lowest BCUT2D eigenvalue weighted by Gasteiger charge is -2.09. The van der Waals surface area contributed by atoms with Gasteiger partial charge in [-0.25, -0.2) is 4.98 Å². The zero-order valence-electron chi connectivity index (χ0n) is 12.4. The first-order valence-electron chi connectivity index (χ1n) is 7.01. The Labute approximate surface area is 135 Å². The minimum atomic E-state index is -0.248. The maximum Gasteiger partial charge on any atom is 0.294 e. The number of aromatic nitrogens is 2. The van der Waals surface area contributed by atoms with E-state index in [1.54, 1.807) is 0 Å². The average molecular weight is 365 g/mol. The number of fused-ring (bicyclic) bond motifs is 3. The van der Waals surface area contributed by atoms with Gasteiger partial charge < -0.3 is 19.6 Å². The highest BCUT2D eigenvalue weighted by Gasteiger charge is 2.13. The Bertz CT molecular complexity index is 869. The van der Waals surface area contributed by atoms with Crippen molar-refractivity contribution in [1.82, 2.24) is 20.2 Å². The van der Waals surface area contributed by atoms with Gasteiger partial charge in [0.05, 0.1) is 6.54 Å². The van der Waals surface area contributed by atoms with E-state index < -0.39 is 0 Å². The number of hydrogen-bond acceptors (Lipinski definition) is 5. The highest BCUT2D eigenvalue weighted by Crippen LogP contribution is 2.27. The first kappa shape index (κ1) is 15.2. The van der Waals surface area contributed by atoms with Crippen molar-refractivity contribution in [3.63, 3.8) is 0 Å². The second-order valence-electron chi connectivity index (χ2n) is 5.41. The van der Waals surface area contributed by atoms with E-state index in [9.17, 15) is 4.79 Å². The van der Waals surface area contributed by atoms with E-state index in [1.807, 2.05) is 32.3 Å². The van der Waals surface area contributed by atoms with Gasteiger partial charge in [-0.2, -0.15) is 0 Å². The number of nitrogens with one attached hydrogen (secondary N) is 2. The van der Waals surface area contributed by atoms with E-state index in [0.717, 1.165) is 22.9 Å². The van der Waals surface area contributed by atoms with E-state index in [0.29, 0.717) is 23.5 Å². The summed E-state index contributed by atoms with van der Waals surface area (Å²) in [6.07, 6.45) is 0. The van der Waals surface area contributed by atoms with Gasteiger partial charge in [-0.15, -0.1) is 0 Å². The Kier molecular flexibility index (Phi) is 4.28. The molecule has 116 valence electrons. The van der Waals surface area contributed by atoms with Crippen LogP contribution in [-0.4, -0.2) is 42.1 Å². The zero-order valence-corrected chi connectivity index (χ0v) is 14.0. The van der Waals surface area contributed by atoms with Gasteiger partial charge in [0.15, 0.2) is 0 Å². The van der Waals surface area contributed by atoms with Crippen LogP contribution in [0, 0.1) is 0 Å². The van der Waals surface area contributed by atoms with E-state index in [2.05, 4.69) is 36.1 Å². The largest absolute Gasteiger partial charge is 0.449 e. The van der Waals surface area contributed by atoms with Crippen molar-refractivity contribution in [1.29, 1.82) is 0 Å². The minimum absolute atomic E-state index is 0.248. The molecule has 0 atom stereocenters. The van der Waals surface area contributed by atoms with E-state index in [4.69, 9.17) is 4.42 Å². The molecule has 6 nitrogen and oxygen atoms in total. The molecule has 0 unspecified atom stereocenters. The third-order valence-electron chi connectivity index (χ3n) is 3.36. The Balaban J connectivity index is 1.94. The number of likely N-dealkylation sites (N-methyl/N-ethyl adjacent to an activating group) is 1. The predicted octanol–water partition coefficient (Wildman–Crippen LogP) is 2.08. The maximum atomic E-state index is 12.2. The molecular formula is C15H17BrN4O2. The Morgan fingerprint density at radius 3 is 3.00 bits per heavy atom. The summed E-state index contributed by atoms with van der Waals surface area (Å²) >= 11 is 3.43. The number of hydrogen-bond donors (Lipinski definition) is 2. The smallest absolute Gasteiger partial charge is 0.294 e. The van der Waals surface area contributed by atoms with Crippen molar-refractivity contribution in [2.75, 3.05) is 27.2 Å². The lowest BCUT2D eigenvalue weighted by molar-refractivity contribution is 0.398. The molecule has 0 saturated heterocycles. The van der Waals surface area contributed by atoms with E-state index in [-0.39, 0.29) is 11.1 Å². The molecule has 2 aromatic heterocycles. The lowest BCUT2D eigenvalue weighted by atomic mass is 10.2. The van der Waals surface area contributed by atoms with Crippen molar-refractivity contribution in [3.05, 3.63) is 38.9 Å². The summed E-state index contributed by atoms with van der Waals surface area (Å²) in [6, 6.07) is 5.62. The number of aromatic amines is 1. The number of H-pyrrole nitrogens is 1. The summed E-state index contributed by atoms with van der Waals surface area (Å²) in [7, 11) is 4.03. The van der Waals surface area contributed by atoms with Crippen LogP contribution in [0.1, 0.15) is 5.82 Å². The lowest BCUT2D eigenvalue weighted by Crippen LogP contribution is -2.27. The molecule has 0 aliphatic rings. The number of rotatable bonds is 5. The first-order valence-corrected chi connectivity index (χ1v) is 7.80. The van der Waals surface area contributed by atoms with Crippen molar-refractivity contribution >= 4 is 38.0 Å². The monoisotopic (exact) mass is 364 g/mol. The third-order valence-corrected chi connectivity index (χ3v) is 3.86. The van der Waals surface area contributed by atoms with Crippen LogP contribution in [0.15, 0.2) is 31.9 Å². The fourth-order valence-electron chi connectivity index (χ4n) is 2.27. The SMILES string of the molecule is CN(C)CCNCc1nc2c(oc3ccc(Br)cc32)c(=O)[nH]1. The van der Waals surface area contributed by atoms with Crippen LogP contribution in [0.25, 0.3) is 22.1 Å². The van der Waals surface area contributed by atoms with Crippen LogP contribution in [0.5, 0.6) is 0 Å². The molecule has 2 heterocycles. The van der Waals surface area contributed by atoms with Gasteiger partial charge in [-0.1, -0.05) is 15.9 Å². The second kappa shape index (κ2) is 6.20. The Morgan fingerprint density at radius 1 is 1.41 bits per heavy atom. The highest BCUT2D eigenvalue weighted by molar-refractivity contribution is 9.10. The molecule has 3 rings (SSSR count). The molecule has 1 aromatic carbocycles. The maximum absolute atomic E-state index is 12.2. The first-order chi connectivity index (χ1) is 10.5. The second-order valence-corrected chi connectivity index (χ2v) is 6.33. The summed E-state index contributed by atoms with van der Waals surface area (Å²) < 4.78 is 6.52. The molecule has 2 N–H and O–H groups in total. The summed E-state index contributed by atoms with van der Waals surface area (Å²) in [4.78, 5) is 21.6. The standard InChI is InChI=1S/C15H17BrN4O2/c1-20(2)6-5-17-8-12-18-13-10-7-9(16)3-4-11(10)22-14(13)15(21)19-12/h3-4,7,17H,5-6,8H2,1-2H3,(H,18,19,21). The fraction of sp³-hybridized carbons (Fsp3) is 0.333. The number of nitrogens with zero attached hydrogens (tertiary/aromatic N) is 2. The summed E-state index contributed by atoms with van der Waals surface area (Å²) in [5, 5.41) is 4.10. The van der Waals surface area contributed by atoms with E-state index >= 15 is 0 Å². The van der Waals surface area contributed by atoms with Gasteiger partial charge in [-0.3, -0.25) is 4.79 Å². The van der Waals surface area contributed by atoms with Gasteiger partial charge in [-0.05, 0) is 32.3 Å². The fourth-order valence-corrected chi connectivity index (χ4v) is 2.63. The Hall–Kier alpha value is -1.70. The molecule has 3 aromatic rings. The van der Waals surface area contributed by atoms with Crippen LogP contribution in [-0.2, 0) is 6.54 Å². The van der Waals surface area contributed by atoms with Crippen molar-refractivity contribution in [3.8, 4) is 0 Å². The van der Waals surface area contributed by atoms with Gasteiger partial charge >= 0.3 is 0 Å². The van der Waals surface area contributed by atoms with Crippen LogP contribution in [0.3, 0.4) is 0 Å². The van der Waals surface area contributed by atoms with Crippen LogP contribution in [0.4, 0.5) is 0 Å². The molecule has 0 spiro atoms. The molecular weight excluding hydrogens is 348 g/mol. The summed E-state index contributed by atoms with van der Waals surface area (Å²) in [5.74, 6) is 0.610. The number of halogens is 1. The topological polar surface area (TPSA) is 74.2 Å². The quantitative estimate of drug-likeness (QED) is 0.678. The molecule has 22 heavy (non-hydrogen) atoms. The van der Waals surface area contributed by atoms with Crippen molar-refractivity contribution in [2.24, 2.45) is 0 Å². The zero-order chi connectivity index (χ0) is 15.7. The van der Waals surface area contributed by atoms with Crippen LogP contribution >= 0.6 is 15.9 Å². The molecule has 0 aliphatic heterocycles. The van der Waals surface area contributed by atoms with Crippen molar-refractivity contribution in [2.45, 2.75) is 6.54 Å². The normalized spacial score (nSPS) is 11.8. The molecule has 0 aliphatic carbocycles. The van der Waals surface area contributed by atoms with Gasteiger partial charge in [0.25, 0.3) is 5.56 Å². The molecule has 7 heteroatoms. The molecule has 0 bridgehead atoms. The molecule has 0 amide bonds. The Morgan fingerprint density at radius 2 is 2.23 bits per heavy atom. The number of furan rings is 1.